The normalized spacial score (nSPS) is 22.2. The minimum absolute atomic E-state index is 0.0154. The fourth-order valence-electron chi connectivity index (χ4n) is 2.07. The van der Waals surface area contributed by atoms with Gasteiger partial charge in [0, 0.05) is 13.6 Å². The molecule has 0 unspecified atom stereocenters. The number of hydrogen-bond acceptors (Lipinski definition) is 6. The van der Waals surface area contributed by atoms with E-state index in [-0.39, 0.29) is 23.5 Å². The maximum atomic E-state index is 9.29. The summed E-state index contributed by atoms with van der Waals surface area (Å²) in [6.45, 7) is 4.59. The Morgan fingerprint density at radius 1 is 1.37 bits per heavy atom. The molecule has 0 atom stereocenters. The number of rotatable bonds is 5. The van der Waals surface area contributed by atoms with Crippen LogP contribution in [0.5, 0.6) is 6.01 Å². The Morgan fingerprint density at radius 3 is 2.63 bits per heavy atom. The molecule has 1 aromatic heterocycles. The number of nitrogens with zero attached hydrogens (tertiary/aromatic N) is 4. The van der Waals surface area contributed by atoms with Crippen molar-refractivity contribution in [1.29, 1.82) is 0 Å². The maximum absolute atomic E-state index is 9.29. The average Bonchev–Trinajstić information content (AvgIpc) is 2.25. The van der Waals surface area contributed by atoms with Crippen molar-refractivity contribution >= 4 is 17.5 Å². The lowest BCUT2D eigenvalue weighted by Gasteiger charge is -2.34. The highest BCUT2D eigenvalue weighted by atomic mass is 35.5. The zero-order valence-electron chi connectivity index (χ0n) is 11.4. The minimum atomic E-state index is -0.153. The number of ether oxygens (including phenoxy) is 1. The Hall–Kier alpha value is -1.14. The predicted octanol–water partition coefficient (Wildman–Crippen LogP) is 1.52. The van der Waals surface area contributed by atoms with Crippen molar-refractivity contribution in [2.24, 2.45) is 5.92 Å². The van der Waals surface area contributed by atoms with Crippen molar-refractivity contribution in [3.63, 3.8) is 0 Å². The van der Waals surface area contributed by atoms with E-state index in [1.54, 1.807) is 0 Å². The van der Waals surface area contributed by atoms with E-state index in [2.05, 4.69) is 15.0 Å². The molecule has 1 aliphatic rings. The molecule has 1 aliphatic carbocycles. The van der Waals surface area contributed by atoms with Gasteiger partial charge in [0.15, 0.2) is 0 Å². The lowest BCUT2D eigenvalue weighted by molar-refractivity contribution is 0.0463. The van der Waals surface area contributed by atoms with Crippen molar-refractivity contribution in [1.82, 2.24) is 15.0 Å². The fraction of sp³-hybridized carbons (Fsp3) is 0.750. The molecule has 1 fully saturated rings. The highest BCUT2D eigenvalue weighted by molar-refractivity contribution is 6.28. The first kappa shape index (κ1) is 14.3. The number of aliphatic hydroxyl groups is 1. The molecular formula is C12H19ClN4O2. The van der Waals surface area contributed by atoms with Crippen LogP contribution < -0.4 is 9.64 Å². The van der Waals surface area contributed by atoms with Gasteiger partial charge in [0.2, 0.25) is 11.2 Å². The predicted molar refractivity (Wildman–Crippen MR) is 72.6 cm³/mol. The summed E-state index contributed by atoms with van der Waals surface area (Å²) in [6, 6.07) is 0.241. The molecule has 1 aromatic rings. The van der Waals surface area contributed by atoms with E-state index in [9.17, 15) is 5.11 Å². The van der Waals surface area contributed by atoms with Gasteiger partial charge < -0.3 is 14.7 Å². The van der Waals surface area contributed by atoms with E-state index in [4.69, 9.17) is 16.3 Å². The second-order valence-electron chi connectivity index (χ2n) is 5.23. The van der Waals surface area contributed by atoms with Gasteiger partial charge in [0.05, 0.1) is 12.2 Å². The molecule has 0 spiro atoms. The van der Waals surface area contributed by atoms with Gasteiger partial charge in [0.25, 0.3) is 0 Å². The second-order valence-corrected chi connectivity index (χ2v) is 5.56. The minimum Gasteiger partial charge on any atom is -0.461 e. The molecule has 7 heteroatoms. The Morgan fingerprint density at radius 2 is 2.05 bits per heavy atom. The Balaban J connectivity index is 2.03. The van der Waals surface area contributed by atoms with Gasteiger partial charge in [0.1, 0.15) is 0 Å². The molecule has 0 saturated heterocycles. The summed E-state index contributed by atoms with van der Waals surface area (Å²) in [7, 11) is 1.90. The first-order chi connectivity index (χ1) is 8.94. The molecule has 0 bridgehead atoms. The van der Waals surface area contributed by atoms with E-state index >= 15 is 0 Å². The smallest absolute Gasteiger partial charge is 0.322 e. The van der Waals surface area contributed by atoms with Crippen LogP contribution in [-0.4, -0.2) is 45.9 Å². The number of hydrogen-bond donors (Lipinski definition) is 1. The Bertz CT molecular complexity index is 438. The number of halogens is 1. The standard InChI is InChI=1S/C12H19ClN4O2/c1-7(2)19-12-15-10(13)14-11(16-12)17(3)6-8-4-9(18)5-8/h7-9,18H,4-6H2,1-3H3. The summed E-state index contributed by atoms with van der Waals surface area (Å²) in [5.41, 5.74) is 0. The molecular weight excluding hydrogens is 268 g/mol. The van der Waals surface area contributed by atoms with Crippen LogP contribution in [0.1, 0.15) is 26.7 Å². The van der Waals surface area contributed by atoms with Crippen LogP contribution >= 0.6 is 11.6 Å². The van der Waals surface area contributed by atoms with E-state index in [1.807, 2.05) is 25.8 Å². The SMILES string of the molecule is CC(C)Oc1nc(Cl)nc(N(C)CC2CC(O)C2)n1. The maximum Gasteiger partial charge on any atom is 0.322 e. The molecule has 2 rings (SSSR count). The van der Waals surface area contributed by atoms with Crippen LogP contribution in [0.15, 0.2) is 0 Å². The van der Waals surface area contributed by atoms with Crippen LogP contribution in [0.4, 0.5) is 5.95 Å². The molecule has 1 saturated carbocycles. The van der Waals surface area contributed by atoms with Gasteiger partial charge in [-0.3, -0.25) is 0 Å². The number of aliphatic hydroxyl groups excluding tert-OH is 1. The van der Waals surface area contributed by atoms with Crippen molar-refractivity contribution < 1.29 is 9.84 Å². The van der Waals surface area contributed by atoms with E-state index in [0.29, 0.717) is 11.9 Å². The van der Waals surface area contributed by atoms with Crippen LogP contribution in [0.3, 0.4) is 0 Å². The summed E-state index contributed by atoms with van der Waals surface area (Å²) in [6.07, 6.45) is 1.50. The van der Waals surface area contributed by atoms with Crippen LogP contribution in [0.25, 0.3) is 0 Å². The van der Waals surface area contributed by atoms with Gasteiger partial charge >= 0.3 is 6.01 Å². The summed E-state index contributed by atoms with van der Waals surface area (Å²) < 4.78 is 5.43. The average molecular weight is 287 g/mol. The highest BCUT2D eigenvalue weighted by Gasteiger charge is 2.28. The van der Waals surface area contributed by atoms with Gasteiger partial charge in [-0.15, -0.1) is 0 Å². The lowest BCUT2D eigenvalue weighted by Crippen LogP contribution is -2.37. The first-order valence-corrected chi connectivity index (χ1v) is 6.79. The van der Waals surface area contributed by atoms with E-state index < -0.39 is 0 Å². The van der Waals surface area contributed by atoms with Gasteiger partial charge in [-0.2, -0.15) is 15.0 Å². The molecule has 1 N–H and O–H groups in total. The van der Waals surface area contributed by atoms with Gasteiger partial charge in [-0.25, -0.2) is 0 Å². The number of anilines is 1. The third-order valence-electron chi connectivity index (χ3n) is 3.00. The van der Waals surface area contributed by atoms with Gasteiger partial charge in [-0.05, 0) is 44.2 Å². The third-order valence-corrected chi connectivity index (χ3v) is 3.17. The Kier molecular flexibility index (Phi) is 4.42. The summed E-state index contributed by atoms with van der Waals surface area (Å²) >= 11 is 5.88. The fourth-order valence-corrected chi connectivity index (χ4v) is 2.22. The zero-order chi connectivity index (χ0) is 14.0. The molecule has 0 aliphatic heterocycles. The summed E-state index contributed by atoms with van der Waals surface area (Å²) in [5.74, 6) is 0.974. The quantitative estimate of drug-likeness (QED) is 0.885. The first-order valence-electron chi connectivity index (χ1n) is 6.41. The van der Waals surface area contributed by atoms with Crippen molar-refractivity contribution in [3.05, 3.63) is 5.28 Å². The third kappa shape index (κ3) is 3.91. The molecule has 0 amide bonds. The van der Waals surface area contributed by atoms with E-state index in [0.717, 1.165) is 19.4 Å². The molecule has 106 valence electrons. The van der Waals surface area contributed by atoms with Crippen LogP contribution in [0.2, 0.25) is 5.28 Å². The summed E-state index contributed by atoms with van der Waals surface area (Å²) in [5, 5.41) is 9.41. The topological polar surface area (TPSA) is 71.4 Å². The Labute approximate surface area is 117 Å². The van der Waals surface area contributed by atoms with E-state index in [1.165, 1.54) is 0 Å². The van der Waals surface area contributed by atoms with Crippen molar-refractivity contribution in [3.8, 4) is 6.01 Å². The van der Waals surface area contributed by atoms with Gasteiger partial charge in [-0.1, -0.05) is 0 Å². The zero-order valence-corrected chi connectivity index (χ0v) is 12.1. The largest absolute Gasteiger partial charge is 0.461 e. The summed E-state index contributed by atoms with van der Waals surface area (Å²) in [4.78, 5) is 14.2. The second kappa shape index (κ2) is 5.88. The monoisotopic (exact) mass is 286 g/mol. The molecule has 1 heterocycles. The van der Waals surface area contributed by atoms with Crippen molar-refractivity contribution in [2.45, 2.75) is 38.9 Å². The molecule has 19 heavy (non-hydrogen) atoms. The number of aromatic nitrogens is 3. The van der Waals surface area contributed by atoms with Crippen molar-refractivity contribution in [2.75, 3.05) is 18.5 Å². The molecule has 0 radical (unpaired) electrons. The van der Waals surface area contributed by atoms with Crippen LogP contribution in [0, 0.1) is 5.92 Å². The lowest BCUT2D eigenvalue weighted by atomic mass is 9.82. The molecule has 0 aromatic carbocycles. The molecule has 6 nitrogen and oxygen atoms in total. The van der Waals surface area contributed by atoms with Crippen LogP contribution in [-0.2, 0) is 0 Å². The highest BCUT2D eigenvalue weighted by Crippen LogP contribution is 2.28.